The number of hydrogen-bond donors (Lipinski definition) is 1. The van der Waals surface area contributed by atoms with Crippen molar-refractivity contribution in [1.82, 2.24) is 9.88 Å². The number of rotatable bonds is 5. The Labute approximate surface area is 204 Å². The molecule has 11 heteroatoms. The highest BCUT2D eigenvalue weighted by Gasteiger charge is 2.50. The Hall–Kier alpha value is -2.30. The van der Waals surface area contributed by atoms with E-state index in [1.807, 2.05) is 12.1 Å². The lowest BCUT2D eigenvalue weighted by Crippen LogP contribution is -2.40. The molecule has 0 aliphatic carbocycles. The number of fused-ring (bicyclic) bond motifs is 2. The molecule has 2 aromatic rings. The van der Waals surface area contributed by atoms with Gasteiger partial charge in [0.2, 0.25) is 5.91 Å². The van der Waals surface area contributed by atoms with Gasteiger partial charge in [0.25, 0.3) is 0 Å². The lowest BCUT2D eigenvalue weighted by molar-refractivity contribution is -0.138. The van der Waals surface area contributed by atoms with Gasteiger partial charge < -0.3 is 19.6 Å². The zero-order chi connectivity index (χ0) is 24.0. The molecule has 1 aromatic carbocycles. The first-order chi connectivity index (χ1) is 15.5. The van der Waals surface area contributed by atoms with Gasteiger partial charge in [-0.25, -0.2) is 9.78 Å². The van der Waals surface area contributed by atoms with Crippen molar-refractivity contribution in [1.29, 1.82) is 0 Å². The molecule has 33 heavy (non-hydrogen) atoms. The molecule has 1 N–H and O–H groups in total. The van der Waals surface area contributed by atoms with Crippen molar-refractivity contribution in [3.8, 4) is 0 Å². The Morgan fingerprint density at radius 1 is 1.33 bits per heavy atom. The summed E-state index contributed by atoms with van der Waals surface area (Å²) < 4.78 is 4.65. The van der Waals surface area contributed by atoms with E-state index in [0.29, 0.717) is 36.1 Å². The first kappa shape index (κ1) is 23.8. The fourth-order valence-corrected chi connectivity index (χ4v) is 6.90. The number of nitrogens with zero attached hydrogens (tertiary/aromatic N) is 3. The van der Waals surface area contributed by atoms with Crippen LogP contribution in [0.1, 0.15) is 30.8 Å². The SMILES string of the molecule is COC(=O)N1CCC2(C1)CN(C(=O)Cc1ncc(SC(C)(C)C(=O)O)s1)c1ccc(Cl)cc12. The normalized spacial score (nSPS) is 19.8. The summed E-state index contributed by atoms with van der Waals surface area (Å²) in [5, 5.41) is 10.6. The fourth-order valence-electron chi connectivity index (χ4n) is 4.31. The van der Waals surface area contributed by atoms with Gasteiger partial charge in [0.05, 0.1) is 23.9 Å². The number of aliphatic carboxylic acids is 1. The number of ether oxygens (including phenoxy) is 1. The molecular weight excluding hydrogens is 486 g/mol. The maximum Gasteiger partial charge on any atom is 0.409 e. The molecule has 1 unspecified atom stereocenters. The van der Waals surface area contributed by atoms with Gasteiger partial charge in [-0.05, 0) is 44.0 Å². The minimum Gasteiger partial charge on any atom is -0.480 e. The first-order valence-corrected chi connectivity index (χ1v) is 12.4. The average Bonchev–Trinajstić information content (AvgIpc) is 3.46. The number of halogens is 1. The van der Waals surface area contributed by atoms with Crippen LogP contribution in [0.4, 0.5) is 10.5 Å². The Kier molecular flexibility index (Phi) is 6.36. The van der Waals surface area contributed by atoms with E-state index in [1.54, 1.807) is 35.9 Å². The molecule has 4 rings (SSSR count). The van der Waals surface area contributed by atoms with E-state index in [4.69, 9.17) is 16.3 Å². The van der Waals surface area contributed by atoms with Gasteiger partial charge in [-0.2, -0.15) is 0 Å². The predicted octanol–water partition coefficient (Wildman–Crippen LogP) is 4.05. The van der Waals surface area contributed by atoms with Crippen molar-refractivity contribution in [3.63, 3.8) is 0 Å². The molecule has 0 saturated carbocycles. The van der Waals surface area contributed by atoms with Crippen molar-refractivity contribution >= 4 is 58.4 Å². The van der Waals surface area contributed by atoms with E-state index in [0.717, 1.165) is 15.5 Å². The maximum absolute atomic E-state index is 13.3. The molecule has 8 nitrogen and oxygen atoms in total. The number of carbonyl (C=O) groups is 3. The van der Waals surface area contributed by atoms with Crippen molar-refractivity contribution in [2.75, 3.05) is 31.6 Å². The second-order valence-corrected chi connectivity index (χ2v) is 12.2. The lowest BCUT2D eigenvalue weighted by atomic mass is 9.81. The number of carbonyl (C=O) groups excluding carboxylic acids is 2. The molecule has 2 aliphatic rings. The van der Waals surface area contributed by atoms with Crippen molar-refractivity contribution < 1.29 is 24.2 Å². The van der Waals surface area contributed by atoms with Gasteiger partial charge in [0.1, 0.15) is 9.75 Å². The summed E-state index contributed by atoms with van der Waals surface area (Å²) in [5.74, 6) is -1.01. The van der Waals surface area contributed by atoms with E-state index < -0.39 is 10.7 Å². The molecule has 1 spiro atoms. The average molecular weight is 510 g/mol. The highest BCUT2D eigenvalue weighted by atomic mass is 35.5. The van der Waals surface area contributed by atoms with Gasteiger partial charge >= 0.3 is 12.1 Å². The Morgan fingerprint density at radius 3 is 2.79 bits per heavy atom. The molecule has 1 saturated heterocycles. The maximum atomic E-state index is 13.3. The van der Waals surface area contributed by atoms with Crippen LogP contribution in [0.5, 0.6) is 0 Å². The lowest BCUT2D eigenvalue weighted by Gasteiger charge is -2.25. The summed E-state index contributed by atoms with van der Waals surface area (Å²) in [6.45, 7) is 4.73. The highest BCUT2D eigenvalue weighted by Crippen LogP contribution is 2.47. The van der Waals surface area contributed by atoms with Crippen molar-refractivity contribution in [2.24, 2.45) is 0 Å². The van der Waals surface area contributed by atoms with Crippen LogP contribution in [0.3, 0.4) is 0 Å². The summed E-state index contributed by atoms with van der Waals surface area (Å²) in [5.41, 5.74) is 1.38. The minimum absolute atomic E-state index is 0.102. The monoisotopic (exact) mass is 509 g/mol. The van der Waals surface area contributed by atoms with E-state index in [-0.39, 0.29) is 23.8 Å². The molecule has 3 heterocycles. The van der Waals surface area contributed by atoms with Crippen LogP contribution in [0.25, 0.3) is 0 Å². The second-order valence-electron chi connectivity index (χ2n) is 8.73. The Bertz CT molecular complexity index is 1120. The summed E-state index contributed by atoms with van der Waals surface area (Å²) in [6.07, 6.45) is 2.06. The highest BCUT2D eigenvalue weighted by molar-refractivity contribution is 8.03. The van der Waals surface area contributed by atoms with Crippen LogP contribution in [0.2, 0.25) is 5.02 Å². The molecule has 1 aromatic heterocycles. The van der Waals surface area contributed by atoms with E-state index in [9.17, 15) is 19.5 Å². The number of thioether (sulfide) groups is 1. The van der Waals surface area contributed by atoms with E-state index in [2.05, 4.69) is 4.98 Å². The summed E-state index contributed by atoms with van der Waals surface area (Å²) in [4.78, 5) is 44.6. The number of carboxylic acid groups (broad SMARTS) is 1. The minimum atomic E-state index is -0.985. The van der Waals surface area contributed by atoms with Gasteiger partial charge in [-0.15, -0.1) is 11.3 Å². The molecule has 176 valence electrons. The number of likely N-dealkylation sites (tertiary alicyclic amines) is 1. The standard InChI is InChI=1S/C22H24ClN3O5S2/c1-21(2,19(28)29)33-18-10-24-16(32-18)9-17(27)26-12-22(6-7-25(11-22)20(30)31-3)14-8-13(23)4-5-15(14)26/h4-5,8,10H,6-7,9,11-12H2,1-3H3,(H,28,29). The Morgan fingerprint density at radius 2 is 2.09 bits per heavy atom. The zero-order valence-corrected chi connectivity index (χ0v) is 20.9. The number of amides is 2. The van der Waals surface area contributed by atoms with Gasteiger partial charge in [0.15, 0.2) is 0 Å². The number of thiazole rings is 1. The number of benzene rings is 1. The molecule has 2 amide bonds. The largest absolute Gasteiger partial charge is 0.480 e. The number of hydrogen-bond acceptors (Lipinski definition) is 7. The smallest absolute Gasteiger partial charge is 0.409 e. The predicted molar refractivity (Wildman–Crippen MR) is 127 cm³/mol. The van der Waals surface area contributed by atoms with E-state index in [1.165, 1.54) is 30.2 Å². The number of methoxy groups -OCH3 is 1. The molecule has 1 fully saturated rings. The summed E-state index contributed by atoms with van der Waals surface area (Å²) in [7, 11) is 1.36. The number of carboxylic acids is 1. The molecule has 0 bridgehead atoms. The topological polar surface area (TPSA) is 100 Å². The van der Waals surface area contributed by atoms with Crippen LogP contribution in [-0.2, 0) is 26.2 Å². The van der Waals surface area contributed by atoms with Crippen LogP contribution in [0.15, 0.2) is 28.6 Å². The first-order valence-electron chi connectivity index (χ1n) is 10.3. The fraction of sp³-hybridized carbons (Fsp3) is 0.455. The third-order valence-electron chi connectivity index (χ3n) is 6.07. The van der Waals surface area contributed by atoms with Crippen LogP contribution in [0, 0.1) is 0 Å². The van der Waals surface area contributed by atoms with E-state index >= 15 is 0 Å². The van der Waals surface area contributed by atoms with Crippen molar-refractivity contribution in [3.05, 3.63) is 40.0 Å². The van der Waals surface area contributed by atoms with Gasteiger partial charge in [-0.3, -0.25) is 9.59 Å². The summed E-state index contributed by atoms with van der Waals surface area (Å²) in [6, 6.07) is 5.50. The summed E-state index contributed by atoms with van der Waals surface area (Å²) >= 11 is 8.83. The Balaban J connectivity index is 1.54. The quantitative estimate of drug-likeness (QED) is 0.607. The molecule has 2 aliphatic heterocycles. The molecule has 1 atom stereocenters. The zero-order valence-electron chi connectivity index (χ0n) is 18.5. The van der Waals surface area contributed by atoms with Crippen LogP contribution < -0.4 is 4.90 Å². The van der Waals surface area contributed by atoms with Gasteiger partial charge in [-0.1, -0.05) is 23.4 Å². The third-order valence-corrected chi connectivity index (χ3v) is 8.59. The third kappa shape index (κ3) is 4.56. The molecular formula is C22H24ClN3O5S2. The van der Waals surface area contributed by atoms with Crippen LogP contribution >= 0.6 is 34.7 Å². The molecule has 0 radical (unpaired) electrons. The number of anilines is 1. The van der Waals surface area contributed by atoms with Crippen LogP contribution in [-0.4, -0.2) is 64.5 Å². The van der Waals surface area contributed by atoms with Gasteiger partial charge in [0, 0.05) is 35.8 Å². The second kappa shape index (κ2) is 8.81. The van der Waals surface area contributed by atoms with Crippen molar-refractivity contribution in [2.45, 2.75) is 41.1 Å². The number of aromatic nitrogens is 1.